The molecule has 0 spiro atoms. The SMILES string of the molecule is C#CCc1ccc(N2CCCC2)cc1. The zero-order valence-corrected chi connectivity index (χ0v) is 8.37. The number of hydrogen-bond acceptors (Lipinski definition) is 1. The van der Waals surface area contributed by atoms with E-state index in [0.29, 0.717) is 0 Å². The summed E-state index contributed by atoms with van der Waals surface area (Å²) in [6.45, 7) is 2.41. The van der Waals surface area contributed by atoms with Gasteiger partial charge in [-0.3, -0.25) is 0 Å². The van der Waals surface area contributed by atoms with Crippen molar-refractivity contribution in [2.75, 3.05) is 18.0 Å². The van der Waals surface area contributed by atoms with Crippen LogP contribution in [0.5, 0.6) is 0 Å². The van der Waals surface area contributed by atoms with Gasteiger partial charge < -0.3 is 4.90 Å². The van der Waals surface area contributed by atoms with Gasteiger partial charge in [0.05, 0.1) is 0 Å². The van der Waals surface area contributed by atoms with Crippen molar-refractivity contribution in [3.8, 4) is 12.3 Å². The van der Waals surface area contributed by atoms with Crippen LogP contribution in [-0.2, 0) is 6.42 Å². The first-order valence-electron chi connectivity index (χ1n) is 5.17. The summed E-state index contributed by atoms with van der Waals surface area (Å²) in [5.41, 5.74) is 2.57. The van der Waals surface area contributed by atoms with Gasteiger partial charge in [0.2, 0.25) is 0 Å². The highest BCUT2D eigenvalue weighted by molar-refractivity contribution is 5.48. The average Bonchev–Trinajstić information content (AvgIpc) is 2.72. The largest absolute Gasteiger partial charge is 0.372 e. The van der Waals surface area contributed by atoms with E-state index in [0.717, 1.165) is 6.42 Å². The summed E-state index contributed by atoms with van der Waals surface area (Å²) in [5, 5.41) is 0. The van der Waals surface area contributed by atoms with E-state index in [1.165, 1.54) is 37.2 Å². The molecular weight excluding hydrogens is 170 g/mol. The first-order valence-corrected chi connectivity index (χ1v) is 5.17. The van der Waals surface area contributed by atoms with Crippen molar-refractivity contribution in [1.82, 2.24) is 0 Å². The highest BCUT2D eigenvalue weighted by Crippen LogP contribution is 2.20. The molecule has 72 valence electrons. The lowest BCUT2D eigenvalue weighted by Gasteiger charge is -2.17. The summed E-state index contributed by atoms with van der Waals surface area (Å²) >= 11 is 0. The Morgan fingerprint density at radius 1 is 1.14 bits per heavy atom. The fourth-order valence-corrected chi connectivity index (χ4v) is 1.92. The molecule has 1 saturated heterocycles. The minimum Gasteiger partial charge on any atom is -0.372 e. The van der Waals surface area contributed by atoms with Gasteiger partial charge >= 0.3 is 0 Å². The molecular formula is C13H15N. The predicted molar refractivity (Wildman–Crippen MR) is 60.4 cm³/mol. The van der Waals surface area contributed by atoms with Crippen LogP contribution in [-0.4, -0.2) is 13.1 Å². The van der Waals surface area contributed by atoms with Gasteiger partial charge in [-0.15, -0.1) is 12.3 Å². The van der Waals surface area contributed by atoms with Gasteiger partial charge in [-0.25, -0.2) is 0 Å². The molecule has 0 N–H and O–H groups in total. The summed E-state index contributed by atoms with van der Waals surface area (Å²) in [7, 11) is 0. The normalized spacial score (nSPS) is 15.5. The van der Waals surface area contributed by atoms with Gasteiger partial charge in [0.15, 0.2) is 0 Å². The third kappa shape index (κ3) is 1.90. The zero-order chi connectivity index (χ0) is 9.80. The summed E-state index contributed by atoms with van der Waals surface area (Å²) in [5.74, 6) is 2.66. The third-order valence-corrected chi connectivity index (χ3v) is 2.71. The standard InChI is InChI=1S/C13H15N/c1-2-5-12-6-8-13(9-7-12)14-10-3-4-11-14/h1,6-9H,3-5,10-11H2. The van der Waals surface area contributed by atoms with E-state index in [1.54, 1.807) is 0 Å². The van der Waals surface area contributed by atoms with Crippen LogP contribution in [0.3, 0.4) is 0 Å². The van der Waals surface area contributed by atoms with E-state index in [4.69, 9.17) is 6.42 Å². The number of anilines is 1. The Kier molecular flexibility index (Phi) is 2.74. The fourth-order valence-electron chi connectivity index (χ4n) is 1.92. The highest BCUT2D eigenvalue weighted by atomic mass is 15.1. The van der Waals surface area contributed by atoms with Gasteiger partial charge in [-0.2, -0.15) is 0 Å². The van der Waals surface area contributed by atoms with E-state index in [-0.39, 0.29) is 0 Å². The second-order valence-electron chi connectivity index (χ2n) is 3.74. The maximum atomic E-state index is 5.26. The molecule has 1 aromatic rings. The third-order valence-electron chi connectivity index (χ3n) is 2.71. The molecule has 0 amide bonds. The Hall–Kier alpha value is -1.42. The van der Waals surface area contributed by atoms with Gasteiger partial charge in [0, 0.05) is 25.2 Å². The molecule has 0 aromatic heterocycles. The maximum absolute atomic E-state index is 5.26. The molecule has 1 heterocycles. The fraction of sp³-hybridized carbons (Fsp3) is 0.385. The Morgan fingerprint density at radius 3 is 2.36 bits per heavy atom. The number of nitrogens with zero attached hydrogens (tertiary/aromatic N) is 1. The molecule has 2 rings (SSSR count). The van der Waals surface area contributed by atoms with Gasteiger partial charge in [-0.1, -0.05) is 12.1 Å². The van der Waals surface area contributed by atoms with Gasteiger partial charge in [0.1, 0.15) is 0 Å². The molecule has 1 aliphatic heterocycles. The molecule has 1 heteroatoms. The Balaban J connectivity index is 2.09. The van der Waals surface area contributed by atoms with Crippen molar-refractivity contribution in [3.05, 3.63) is 29.8 Å². The molecule has 1 fully saturated rings. The molecule has 0 atom stereocenters. The summed E-state index contributed by atoms with van der Waals surface area (Å²) < 4.78 is 0. The molecule has 0 radical (unpaired) electrons. The number of benzene rings is 1. The van der Waals surface area contributed by atoms with E-state index in [1.807, 2.05) is 0 Å². The van der Waals surface area contributed by atoms with Crippen LogP contribution in [0.4, 0.5) is 5.69 Å². The molecule has 0 saturated carbocycles. The van der Waals surface area contributed by atoms with Crippen LogP contribution >= 0.6 is 0 Å². The van der Waals surface area contributed by atoms with Crippen LogP contribution in [0.1, 0.15) is 18.4 Å². The van der Waals surface area contributed by atoms with Crippen molar-refractivity contribution in [2.45, 2.75) is 19.3 Å². The minimum atomic E-state index is 0.736. The second-order valence-corrected chi connectivity index (χ2v) is 3.74. The molecule has 1 aromatic carbocycles. The van der Waals surface area contributed by atoms with E-state index < -0.39 is 0 Å². The first kappa shape index (κ1) is 9.15. The maximum Gasteiger partial charge on any atom is 0.0366 e. The monoisotopic (exact) mass is 185 g/mol. The number of rotatable bonds is 2. The van der Waals surface area contributed by atoms with Crippen molar-refractivity contribution in [2.24, 2.45) is 0 Å². The molecule has 1 nitrogen and oxygen atoms in total. The van der Waals surface area contributed by atoms with Crippen LogP contribution in [0.2, 0.25) is 0 Å². The van der Waals surface area contributed by atoms with Crippen molar-refractivity contribution < 1.29 is 0 Å². The average molecular weight is 185 g/mol. The number of hydrogen-bond donors (Lipinski definition) is 0. The van der Waals surface area contributed by atoms with E-state index >= 15 is 0 Å². The lowest BCUT2D eigenvalue weighted by atomic mass is 10.1. The zero-order valence-electron chi connectivity index (χ0n) is 8.37. The Bertz CT molecular complexity index is 325. The molecule has 0 bridgehead atoms. The molecule has 1 aliphatic rings. The summed E-state index contributed by atoms with van der Waals surface area (Å²) in [6, 6.07) is 8.62. The van der Waals surface area contributed by atoms with Gasteiger partial charge in [-0.05, 0) is 30.5 Å². The van der Waals surface area contributed by atoms with Crippen molar-refractivity contribution in [1.29, 1.82) is 0 Å². The Morgan fingerprint density at radius 2 is 1.79 bits per heavy atom. The number of terminal acetylenes is 1. The van der Waals surface area contributed by atoms with Crippen molar-refractivity contribution in [3.63, 3.8) is 0 Å². The summed E-state index contributed by atoms with van der Waals surface area (Å²) in [6.07, 6.45) is 8.65. The molecule has 0 unspecified atom stereocenters. The van der Waals surface area contributed by atoms with E-state index in [2.05, 4.69) is 35.1 Å². The topological polar surface area (TPSA) is 3.24 Å². The lowest BCUT2D eigenvalue weighted by Crippen LogP contribution is -2.17. The Labute approximate surface area is 85.7 Å². The second kappa shape index (κ2) is 4.19. The van der Waals surface area contributed by atoms with Crippen LogP contribution in [0.25, 0.3) is 0 Å². The predicted octanol–water partition coefficient (Wildman–Crippen LogP) is 2.46. The van der Waals surface area contributed by atoms with Crippen LogP contribution in [0, 0.1) is 12.3 Å². The van der Waals surface area contributed by atoms with E-state index in [9.17, 15) is 0 Å². The first-order chi connectivity index (χ1) is 6.90. The lowest BCUT2D eigenvalue weighted by molar-refractivity contribution is 0.949. The van der Waals surface area contributed by atoms with Crippen molar-refractivity contribution >= 4 is 5.69 Å². The highest BCUT2D eigenvalue weighted by Gasteiger charge is 2.11. The smallest absolute Gasteiger partial charge is 0.0366 e. The molecule has 0 aliphatic carbocycles. The van der Waals surface area contributed by atoms with Gasteiger partial charge in [0.25, 0.3) is 0 Å². The van der Waals surface area contributed by atoms with Crippen LogP contribution in [0.15, 0.2) is 24.3 Å². The quantitative estimate of drug-likeness (QED) is 0.640. The minimum absolute atomic E-state index is 0.736. The summed E-state index contributed by atoms with van der Waals surface area (Å²) in [4.78, 5) is 2.43. The van der Waals surface area contributed by atoms with Crippen LogP contribution < -0.4 is 4.90 Å². The molecule has 14 heavy (non-hydrogen) atoms.